The van der Waals surface area contributed by atoms with Crippen LogP contribution in [0.5, 0.6) is 0 Å². The molecule has 34 heavy (non-hydrogen) atoms. The van der Waals surface area contributed by atoms with Crippen LogP contribution in [0.2, 0.25) is 0 Å². The van der Waals surface area contributed by atoms with Crippen molar-refractivity contribution in [2.24, 2.45) is 0 Å². The van der Waals surface area contributed by atoms with E-state index in [1.54, 1.807) is 24.4 Å². The van der Waals surface area contributed by atoms with Crippen LogP contribution in [0.25, 0.3) is 11.3 Å². The van der Waals surface area contributed by atoms with Crippen molar-refractivity contribution in [2.75, 3.05) is 12.4 Å². The molecule has 0 spiro atoms. The van der Waals surface area contributed by atoms with Gasteiger partial charge in [0.1, 0.15) is 5.82 Å². The second-order valence-corrected chi connectivity index (χ2v) is 8.20. The van der Waals surface area contributed by atoms with Gasteiger partial charge in [0, 0.05) is 23.0 Å². The number of benzene rings is 2. The van der Waals surface area contributed by atoms with E-state index < -0.39 is 34.8 Å². The zero-order valence-corrected chi connectivity index (χ0v) is 18.3. The minimum atomic E-state index is -4.68. The molecule has 1 aromatic heterocycles. The third-order valence-corrected chi connectivity index (χ3v) is 5.87. The van der Waals surface area contributed by atoms with Crippen molar-refractivity contribution in [1.29, 1.82) is 0 Å². The van der Waals surface area contributed by atoms with Gasteiger partial charge in [-0.2, -0.15) is 13.2 Å². The van der Waals surface area contributed by atoms with Gasteiger partial charge in [0.2, 0.25) is 5.91 Å². The van der Waals surface area contributed by atoms with Crippen LogP contribution in [0.1, 0.15) is 39.9 Å². The van der Waals surface area contributed by atoms with Gasteiger partial charge in [-0.05, 0) is 61.7 Å². The number of alkyl halides is 3. The quantitative estimate of drug-likeness (QED) is 0.384. The van der Waals surface area contributed by atoms with Crippen LogP contribution in [-0.2, 0) is 21.1 Å². The summed E-state index contributed by atoms with van der Waals surface area (Å²) in [6.45, 7) is 1.88. The fourth-order valence-corrected chi connectivity index (χ4v) is 3.83. The number of esters is 1. The maximum absolute atomic E-state index is 14.6. The molecule has 0 aliphatic heterocycles. The third kappa shape index (κ3) is 4.37. The summed E-state index contributed by atoms with van der Waals surface area (Å²) in [7, 11) is 1.23. The number of halogens is 4. The van der Waals surface area contributed by atoms with Crippen LogP contribution in [0.3, 0.4) is 0 Å². The summed E-state index contributed by atoms with van der Waals surface area (Å²) in [5.74, 6) is -2.29. The molecule has 1 aliphatic carbocycles. The van der Waals surface area contributed by atoms with Gasteiger partial charge in [-0.1, -0.05) is 12.1 Å². The van der Waals surface area contributed by atoms with Gasteiger partial charge in [0.25, 0.3) is 0 Å². The van der Waals surface area contributed by atoms with Crippen molar-refractivity contribution < 1.29 is 31.9 Å². The SMILES string of the molecule is COC(=O)c1cc(NC(=O)C2(c3ccc(C(F)(F)F)cc3F)CC2)ccc1-c1ccc(C)cn1. The largest absolute Gasteiger partial charge is 0.465 e. The molecule has 1 fully saturated rings. The molecule has 1 amide bonds. The first-order valence-corrected chi connectivity index (χ1v) is 10.4. The smallest absolute Gasteiger partial charge is 0.416 e. The zero-order chi connectivity index (χ0) is 24.7. The Hall–Kier alpha value is -3.75. The second-order valence-electron chi connectivity index (χ2n) is 8.20. The summed E-state index contributed by atoms with van der Waals surface area (Å²) in [5.41, 5.74) is -0.0649. The Morgan fingerprint density at radius 3 is 2.35 bits per heavy atom. The topological polar surface area (TPSA) is 68.3 Å². The minimum Gasteiger partial charge on any atom is -0.465 e. The molecular weight excluding hydrogens is 452 g/mol. The maximum atomic E-state index is 14.6. The Morgan fingerprint density at radius 1 is 1.06 bits per heavy atom. The monoisotopic (exact) mass is 472 g/mol. The standard InChI is InChI=1S/C25H20F4N2O3/c1-14-3-8-21(30-13-14)17-6-5-16(12-18(17)22(32)34-2)31-23(33)24(9-10-24)19-7-4-15(11-20(19)26)25(27,28)29/h3-8,11-13H,9-10H2,1-2H3,(H,31,33). The lowest BCUT2D eigenvalue weighted by Gasteiger charge is -2.18. The number of rotatable bonds is 5. The molecule has 0 radical (unpaired) electrons. The van der Waals surface area contributed by atoms with E-state index in [1.165, 1.54) is 13.2 Å². The Bertz CT molecular complexity index is 1270. The van der Waals surface area contributed by atoms with Gasteiger partial charge in [-0.25, -0.2) is 9.18 Å². The highest BCUT2D eigenvalue weighted by molar-refractivity contribution is 6.03. The van der Waals surface area contributed by atoms with Crippen molar-refractivity contribution in [1.82, 2.24) is 4.98 Å². The summed E-state index contributed by atoms with van der Waals surface area (Å²) < 4.78 is 58.0. The molecule has 3 aromatic rings. The minimum absolute atomic E-state index is 0.0910. The number of amides is 1. The van der Waals surface area contributed by atoms with Crippen LogP contribution >= 0.6 is 0 Å². The number of carbonyl (C=O) groups is 2. The molecule has 5 nitrogen and oxygen atoms in total. The number of hydrogen-bond donors (Lipinski definition) is 1. The lowest BCUT2D eigenvalue weighted by molar-refractivity contribution is -0.137. The average Bonchev–Trinajstić information content (AvgIpc) is 3.60. The number of anilines is 1. The van der Waals surface area contributed by atoms with Gasteiger partial charge in [0.15, 0.2) is 0 Å². The van der Waals surface area contributed by atoms with Crippen LogP contribution in [0.15, 0.2) is 54.7 Å². The maximum Gasteiger partial charge on any atom is 0.416 e. The highest BCUT2D eigenvalue weighted by Gasteiger charge is 2.53. The van der Waals surface area contributed by atoms with Gasteiger partial charge in [-0.3, -0.25) is 9.78 Å². The first-order valence-electron chi connectivity index (χ1n) is 10.4. The van der Waals surface area contributed by atoms with Crippen molar-refractivity contribution in [2.45, 2.75) is 31.4 Å². The Morgan fingerprint density at radius 2 is 1.79 bits per heavy atom. The van der Waals surface area contributed by atoms with Crippen LogP contribution in [0, 0.1) is 12.7 Å². The van der Waals surface area contributed by atoms with Crippen molar-refractivity contribution in [3.8, 4) is 11.3 Å². The summed E-state index contributed by atoms with van der Waals surface area (Å²) in [5, 5.41) is 2.67. The molecule has 1 N–H and O–H groups in total. The fraction of sp³-hybridized carbons (Fsp3) is 0.240. The Balaban J connectivity index is 1.63. The molecule has 176 valence electrons. The van der Waals surface area contributed by atoms with Crippen molar-refractivity contribution in [3.63, 3.8) is 0 Å². The highest BCUT2D eigenvalue weighted by atomic mass is 19.4. The van der Waals surface area contributed by atoms with E-state index in [-0.39, 0.29) is 29.7 Å². The van der Waals surface area contributed by atoms with Crippen LogP contribution in [0.4, 0.5) is 23.2 Å². The predicted octanol–water partition coefficient (Wildman–Crippen LogP) is 5.67. The third-order valence-electron chi connectivity index (χ3n) is 5.87. The molecule has 0 bridgehead atoms. The molecule has 1 aliphatic rings. The number of carbonyl (C=O) groups excluding carboxylic acids is 2. The summed E-state index contributed by atoms with van der Waals surface area (Å²) >= 11 is 0. The molecule has 0 saturated heterocycles. The van der Waals surface area contributed by atoms with E-state index in [4.69, 9.17) is 4.74 Å². The van der Waals surface area contributed by atoms with E-state index in [2.05, 4.69) is 10.3 Å². The molecule has 0 unspecified atom stereocenters. The number of ether oxygens (including phenoxy) is 1. The number of hydrogen-bond acceptors (Lipinski definition) is 4. The molecule has 2 aromatic carbocycles. The number of methoxy groups -OCH3 is 1. The normalized spacial score (nSPS) is 14.4. The molecule has 4 rings (SSSR count). The fourth-order valence-electron chi connectivity index (χ4n) is 3.83. The van der Waals surface area contributed by atoms with E-state index in [9.17, 15) is 27.2 Å². The van der Waals surface area contributed by atoms with E-state index in [0.717, 1.165) is 17.7 Å². The lowest BCUT2D eigenvalue weighted by Crippen LogP contribution is -2.29. The van der Waals surface area contributed by atoms with Crippen LogP contribution < -0.4 is 5.32 Å². The van der Waals surface area contributed by atoms with Gasteiger partial charge in [0.05, 0.1) is 29.3 Å². The van der Waals surface area contributed by atoms with E-state index >= 15 is 0 Å². The number of nitrogens with zero attached hydrogens (tertiary/aromatic N) is 1. The summed E-state index contributed by atoms with van der Waals surface area (Å²) in [4.78, 5) is 29.8. The second kappa shape index (κ2) is 8.55. The number of nitrogens with one attached hydrogen (secondary N) is 1. The van der Waals surface area contributed by atoms with Gasteiger partial charge >= 0.3 is 12.1 Å². The Labute approximate surface area is 192 Å². The number of aromatic nitrogens is 1. The number of aryl methyl sites for hydroxylation is 1. The summed E-state index contributed by atoms with van der Waals surface area (Å²) in [6, 6.07) is 10.4. The molecule has 1 heterocycles. The van der Waals surface area contributed by atoms with Gasteiger partial charge < -0.3 is 10.1 Å². The first kappa shape index (κ1) is 23.4. The highest BCUT2D eigenvalue weighted by Crippen LogP contribution is 2.50. The Kier molecular flexibility index (Phi) is 5.89. The first-order chi connectivity index (χ1) is 16.0. The molecule has 9 heteroatoms. The summed E-state index contributed by atoms with van der Waals surface area (Å²) in [6.07, 6.45) is -2.45. The van der Waals surface area contributed by atoms with Gasteiger partial charge in [-0.15, -0.1) is 0 Å². The number of pyridine rings is 1. The molecular formula is C25H20F4N2O3. The van der Waals surface area contributed by atoms with Crippen molar-refractivity contribution >= 4 is 17.6 Å². The van der Waals surface area contributed by atoms with Crippen molar-refractivity contribution in [3.05, 3.63) is 82.8 Å². The zero-order valence-electron chi connectivity index (χ0n) is 18.3. The van der Waals surface area contributed by atoms with E-state index in [0.29, 0.717) is 17.3 Å². The predicted molar refractivity (Wildman–Crippen MR) is 117 cm³/mol. The lowest BCUT2D eigenvalue weighted by atomic mass is 9.93. The van der Waals surface area contributed by atoms with Crippen LogP contribution in [-0.4, -0.2) is 24.0 Å². The molecule has 0 atom stereocenters. The molecule has 1 saturated carbocycles. The van der Waals surface area contributed by atoms with E-state index in [1.807, 2.05) is 13.0 Å². The average molecular weight is 472 g/mol.